The molecule has 0 heterocycles. The second-order valence-electron chi connectivity index (χ2n) is 0.666. The lowest BCUT2D eigenvalue weighted by atomic mass is 11.0. The summed E-state index contributed by atoms with van der Waals surface area (Å²) in [6.45, 7) is 7.28. The molecule has 0 aliphatic rings. The van der Waals surface area contributed by atoms with Crippen molar-refractivity contribution in [3.63, 3.8) is 0 Å². The van der Waals surface area contributed by atoms with Crippen molar-refractivity contribution in [2.75, 3.05) is 7.05 Å². The molecule has 0 aromatic heterocycles. The molecular weight excluding hydrogens is 102 g/mol. The summed E-state index contributed by atoms with van der Waals surface area (Å²) < 4.78 is 4.45. The molecule has 2 nitrogen and oxygen atoms in total. The van der Waals surface area contributed by atoms with E-state index < -0.39 is 0 Å². The zero-order valence-electron chi connectivity index (χ0n) is 5.72. The van der Waals surface area contributed by atoms with Crippen LogP contribution < -0.4 is 0 Å². The van der Waals surface area contributed by atoms with E-state index in [0.717, 1.165) is 0 Å². The van der Waals surface area contributed by atoms with Gasteiger partial charge in [-0.2, -0.15) is 0 Å². The summed E-state index contributed by atoms with van der Waals surface area (Å²) in [5.41, 5.74) is 0. The molecule has 0 saturated heterocycles. The van der Waals surface area contributed by atoms with Gasteiger partial charge in [0.1, 0.15) is 0 Å². The van der Waals surface area contributed by atoms with Crippen LogP contribution in [0.2, 0.25) is 0 Å². The van der Waals surface area contributed by atoms with Gasteiger partial charge in [0.05, 0.1) is 6.26 Å². The smallest absolute Gasteiger partial charge is 0.175 e. The van der Waals surface area contributed by atoms with Gasteiger partial charge in [-0.15, -0.1) is 0 Å². The van der Waals surface area contributed by atoms with E-state index in [0.29, 0.717) is 0 Å². The molecule has 0 bridgehead atoms. The molecule has 0 atom stereocenters. The molecule has 0 aliphatic heterocycles. The first-order valence-electron chi connectivity index (χ1n) is 2.59. The molecule has 0 aromatic carbocycles. The minimum absolute atomic E-state index is 1.31. The molecule has 2 heteroatoms. The topological polar surface area (TPSA) is 21.6 Å². The summed E-state index contributed by atoms with van der Waals surface area (Å²) in [6, 6.07) is 0. The van der Waals surface area contributed by atoms with Crippen molar-refractivity contribution in [1.82, 2.24) is 0 Å². The average molecular weight is 115 g/mol. The summed E-state index contributed by atoms with van der Waals surface area (Å²) in [5, 5.41) is 0. The zero-order chi connectivity index (χ0) is 6.83. The number of nitrogens with zero attached hydrogens (tertiary/aromatic N) is 1. The SMILES string of the molecule is C=COC=NC.CC. The first kappa shape index (κ1) is 10.2. The van der Waals surface area contributed by atoms with Gasteiger partial charge in [-0.1, -0.05) is 20.4 Å². The van der Waals surface area contributed by atoms with E-state index in [2.05, 4.69) is 16.3 Å². The molecule has 0 amide bonds. The van der Waals surface area contributed by atoms with Gasteiger partial charge >= 0.3 is 0 Å². The van der Waals surface area contributed by atoms with E-state index in [-0.39, 0.29) is 0 Å². The van der Waals surface area contributed by atoms with E-state index in [9.17, 15) is 0 Å². The van der Waals surface area contributed by atoms with Gasteiger partial charge in [0, 0.05) is 7.05 Å². The molecule has 8 heavy (non-hydrogen) atoms. The molecule has 0 spiro atoms. The van der Waals surface area contributed by atoms with Crippen LogP contribution >= 0.6 is 0 Å². The van der Waals surface area contributed by atoms with Crippen LogP contribution in [0.1, 0.15) is 13.8 Å². The lowest BCUT2D eigenvalue weighted by Gasteiger charge is -1.78. The van der Waals surface area contributed by atoms with Crippen LogP contribution in [-0.2, 0) is 4.74 Å². The van der Waals surface area contributed by atoms with Crippen LogP contribution in [-0.4, -0.2) is 13.4 Å². The zero-order valence-corrected chi connectivity index (χ0v) is 5.72. The average Bonchev–Trinajstić information content (AvgIpc) is 1.88. The van der Waals surface area contributed by atoms with Crippen LogP contribution in [0.5, 0.6) is 0 Å². The highest BCUT2D eigenvalue weighted by Gasteiger charge is 1.53. The van der Waals surface area contributed by atoms with Crippen molar-refractivity contribution in [3.8, 4) is 0 Å². The molecule has 0 aliphatic carbocycles. The van der Waals surface area contributed by atoms with Gasteiger partial charge < -0.3 is 4.74 Å². The fourth-order valence-corrected chi connectivity index (χ4v) is 0.104. The van der Waals surface area contributed by atoms with E-state index in [4.69, 9.17) is 0 Å². The fraction of sp³-hybridized carbons (Fsp3) is 0.500. The summed E-state index contributed by atoms with van der Waals surface area (Å²) >= 11 is 0. The Labute approximate surface area is 50.9 Å². The minimum atomic E-state index is 1.31. The first-order chi connectivity index (χ1) is 3.91. The fourth-order valence-electron chi connectivity index (χ4n) is 0.104. The highest BCUT2D eigenvalue weighted by molar-refractivity contribution is 5.46. The summed E-state index contributed by atoms with van der Waals surface area (Å²) in [6.07, 6.45) is 2.62. The highest BCUT2D eigenvalue weighted by Crippen LogP contribution is 1.61. The first-order valence-corrected chi connectivity index (χ1v) is 2.59. The Hall–Kier alpha value is -0.790. The molecule has 0 radical (unpaired) electrons. The van der Waals surface area contributed by atoms with Crippen LogP contribution in [0.3, 0.4) is 0 Å². The second-order valence-corrected chi connectivity index (χ2v) is 0.666. The number of rotatable bonds is 2. The molecule has 0 saturated carbocycles. The molecule has 0 aromatic rings. The maximum atomic E-state index is 4.45. The van der Waals surface area contributed by atoms with Crippen LogP contribution in [0, 0.1) is 0 Å². The Bertz CT molecular complexity index is 59.5. The number of aliphatic imine (C=N–C) groups is 1. The summed E-state index contributed by atoms with van der Waals surface area (Å²) in [7, 11) is 1.63. The molecule has 0 N–H and O–H groups in total. The van der Waals surface area contributed by atoms with Crippen LogP contribution in [0.25, 0.3) is 0 Å². The third-order valence-corrected chi connectivity index (χ3v) is 0.262. The standard InChI is InChI=1S/C4H7NO.C2H6/c1-3-6-4-5-2;1-2/h3-4H,1H2,2H3;1-2H3. The lowest BCUT2D eigenvalue weighted by molar-refractivity contribution is 0.495. The number of ether oxygens (including phenoxy) is 1. The summed E-state index contributed by atoms with van der Waals surface area (Å²) in [4.78, 5) is 3.51. The van der Waals surface area contributed by atoms with Gasteiger partial charge in [-0.25, -0.2) is 0 Å². The Morgan fingerprint density at radius 1 is 1.50 bits per heavy atom. The maximum Gasteiger partial charge on any atom is 0.175 e. The van der Waals surface area contributed by atoms with Gasteiger partial charge in [-0.3, -0.25) is 4.99 Å². The molecule has 0 unspecified atom stereocenters. The van der Waals surface area contributed by atoms with Crippen molar-refractivity contribution in [1.29, 1.82) is 0 Å². The van der Waals surface area contributed by atoms with Crippen LogP contribution in [0.4, 0.5) is 0 Å². The largest absolute Gasteiger partial charge is 0.454 e. The van der Waals surface area contributed by atoms with Gasteiger partial charge in [0.2, 0.25) is 0 Å². The quantitative estimate of drug-likeness (QED) is 0.305. The van der Waals surface area contributed by atoms with Gasteiger partial charge in [0.15, 0.2) is 6.40 Å². The van der Waals surface area contributed by atoms with E-state index in [1.807, 2.05) is 13.8 Å². The Morgan fingerprint density at radius 3 is 2.12 bits per heavy atom. The van der Waals surface area contributed by atoms with E-state index in [1.54, 1.807) is 7.05 Å². The third-order valence-electron chi connectivity index (χ3n) is 0.262. The van der Waals surface area contributed by atoms with Crippen molar-refractivity contribution in [2.24, 2.45) is 4.99 Å². The monoisotopic (exact) mass is 115 g/mol. The molecule has 48 valence electrons. The molecular formula is C6H13NO. The molecule has 0 rings (SSSR count). The van der Waals surface area contributed by atoms with E-state index in [1.165, 1.54) is 12.7 Å². The minimum Gasteiger partial charge on any atom is -0.454 e. The van der Waals surface area contributed by atoms with Crippen molar-refractivity contribution < 1.29 is 4.74 Å². The van der Waals surface area contributed by atoms with Crippen molar-refractivity contribution >= 4 is 6.40 Å². The van der Waals surface area contributed by atoms with Gasteiger partial charge in [0.25, 0.3) is 0 Å². The Balaban J connectivity index is 0. The summed E-state index contributed by atoms with van der Waals surface area (Å²) in [5.74, 6) is 0. The van der Waals surface area contributed by atoms with E-state index >= 15 is 0 Å². The number of hydrogen-bond acceptors (Lipinski definition) is 2. The number of hydrogen-bond donors (Lipinski definition) is 0. The predicted molar refractivity (Wildman–Crippen MR) is 37.0 cm³/mol. The third kappa shape index (κ3) is 18.9. The normalized spacial score (nSPS) is 7.38. The highest BCUT2D eigenvalue weighted by atomic mass is 16.5. The van der Waals surface area contributed by atoms with Gasteiger partial charge in [-0.05, 0) is 0 Å². The lowest BCUT2D eigenvalue weighted by Crippen LogP contribution is -1.70. The van der Waals surface area contributed by atoms with Crippen molar-refractivity contribution in [3.05, 3.63) is 12.8 Å². The van der Waals surface area contributed by atoms with Crippen LogP contribution in [0.15, 0.2) is 17.8 Å². The Morgan fingerprint density at radius 2 is 2.00 bits per heavy atom. The second kappa shape index (κ2) is 16.4. The van der Waals surface area contributed by atoms with Crippen molar-refractivity contribution in [2.45, 2.75) is 13.8 Å². The molecule has 0 fully saturated rings. The predicted octanol–water partition coefficient (Wildman–Crippen LogP) is 1.83. The maximum absolute atomic E-state index is 4.45. The Kier molecular flexibility index (Phi) is 20.9.